The Kier molecular flexibility index (Phi) is 2.71. The zero-order chi connectivity index (χ0) is 10.1. The lowest BCUT2D eigenvalue weighted by Gasteiger charge is -2.23. The van der Waals surface area contributed by atoms with Gasteiger partial charge in [0.2, 0.25) is 0 Å². The lowest BCUT2D eigenvalue weighted by atomic mass is 10.2. The van der Waals surface area contributed by atoms with Crippen molar-refractivity contribution in [3.05, 3.63) is 0 Å². The molecule has 2 aliphatic heterocycles. The van der Waals surface area contributed by atoms with E-state index >= 15 is 0 Å². The molecule has 3 rings (SSSR count). The van der Waals surface area contributed by atoms with E-state index < -0.39 is 0 Å². The molecule has 2 saturated heterocycles. The standard InChI is InChI=1S/C12H21NO2/c1-2-6-12(5-1)14-10-11(15-12)9-13-7-3-4-8-13/h11H,1-10H2. The monoisotopic (exact) mass is 211 g/mol. The number of rotatable bonds is 2. The molecular weight excluding hydrogens is 190 g/mol. The van der Waals surface area contributed by atoms with E-state index in [1.54, 1.807) is 0 Å². The van der Waals surface area contributed by atoms with E-state index in [0.717, 1.165) is 26.0 Å². The van der Waals surface area contributed by atoms with Crippen LogP contribution in [0, 0.1) is 0 Å². The maximum Gasteiger partial charge on any atom is 0.168 e. The van der Waals surface area contributed by atoms with Crippen molar-refractivity contribution in [2.45, 2.75) is 50.4 Å². The van der Waals surface area contributed by atoms with Gasteiger partial charge in [-0.1, -0.05) is 0 Å². The summed E-state index contributed by atoms with van der Waals surface area (Å²) in [5.74, 6) is -0.162. The van der Waals surface area contributed by atoms with Crippen LogP contribution < -0.4 is 0 Å². The van der Waals surface area contributed by atoms with Crippen LogP contribution in [0.2, 0.25) is 0 Å². The molecule has 1 unspecified atom stereocenters. The van der Waals surface area contributed by atoms with Crippen molar-refractivity contribution in [3.63, 3.8) is 0 Å². The number of hydrogen-bond donors (Lipinski definition) is 0. The maximum atomic E-state index is 6.11. The highest BCUT2D eigenvalue weighted by atomic mass is 16.7. The van der Waals surface area contributed by atoms with Crippen LogP contribution in [0.25, 0.3) is 0 Å². The highest BCUT2D eigenvalue weighted by Crippen LogP contribution is 2.39. The van der Waals surface area contributed by atoms with Crippen LogP contribution in [0.4, 0.5) is 0 Å². The van der Waals surface area contributed by atoms with Crippen LogP contribution in [-0.4, -0.2) is 43.0 Å². The molecule has 2 heterocycles. The summed E-state index contributed by atoms with van der Waals surface area (Å²) < 4.78 is 12.0. The van der Waals surface area contributed by atoms with Crippen molar-refractivity contribution in [3.8, 4) is 0 Å². The van der Waals surface area contributed by atoms with Crippen molar-refractivity contribution in [1.82, 2.24) is 4.90 Å². The van der Waals surface area contributed by atoms with E-state index in [9.17, 15) is 0 Å². The van der Waals surface area contributed by atoms with Crippen molar-refractivity contribution >= 4 is 0 Å². The Balaban J connectivity index is 1.52. The lowest BCUT2D eigenvalue weighted by Crippen LogP contribution is -2.33. The van der Waals surface area contributed by atoms with Gasteiger partial charge in [-0.3, -0.25) is 0 Å². The van der Waals surface area contributed by atoms with E-state index in [0.29, 0.717) is 6.10 Å². The Morgan fingerprint density at radius 3 is 2.53 bits per heavy atom. The van der Waals surface area contributed by atoms with Gasteiger partial charge in [0.1, 0.15) is 0 Å². The van der Waals surface area contributed by atoms with Gasteiger partial charge >= 0.3 is 0 Å². The predicted octanol–water partition coefficient (Wildman–Crippen LogP) is 1.77. The molecule has 0 radical (unpaired) electrons. The second-order valence-electron chi connectivity index (χ2n) is 5.18. The van der Waals surface area contributed by atoms with Crippen molar-refractivity contribution in [2.75, 3.05) is 26.2 Å². The average molecular weight is 211 g/mol. The normalized spacial score (nSPS) is 35.6. The number of hydrogen-bond acceptors (Lipinski definition) is 3. The second-order valence-corrected chi connectivity index (χ2v) is 5.18. The molecule has 0 aromatic heterocycles. The van der Waals surface area contributed by atoms with E-state index in [2.05, 4.69) is 4.90 Å². The molecule has 0 N–H and O–H groups in total. The summed E-state index contributed by atoms with van der Waals surface area (Å²) in [7, 11) is 0. The summed E-state index contributed by atoms with van der Waals surface area (Å²) in [6, 6.07) is 0. The topological polar surface area (TPSA) is 21.7 Å². The molecule has 3 heteroatoms. The largest absolute Gasteiger partial charge is 0.347 e. The molecule has 3 fully saturated rings. The van der Waals surface area contributed by atoms with Gasteiger partial charge in [-0.15, -0.1) is 0 Å². The van der Waals surface area contributed by atoms with Gasteiger partial charge in [0.25, 0.3) is 0 Å². The molecular formula is C12H21NO2. The van der Waals surface area contributed by atoms with Gasteiger partial charge in [-0.05, 0) is 38.8 Å². The van der Waals surface area contributed by atoms with Crippen LogP contribution in [-0.2, 0) is 9.47 Å². The highest BCUT2D eigenvalue weighted by Gasteiger charge is 2.43. The minimum absolute atomic E-state index is 0.162. The highest BCUT2D eigenvalue weighted by molar-refractivity contribution is 4.85. The summed E-state index contributed by atoms with van der Waals surface area (Å²) in [5.41, 5.74) is 0. The Morgan fingerprint density at radius 1 is 1.07 bits per heavy atom. The SMILES string of the molecule is C1CCN(CC2COC3(CCCC3)O2)C1. The molecule has 0 amide bonds. The molecule has 1 aliphatic carbocycles. The van der Waals surface area contributed by atoms with E-state index in [4.69, 9.17) is 9.47 Å². The lowest BCUT2D eigenvalue weighted by molar-refractivity contribution is -0.163. The minimum Gasteiger partial charge on any atom is -0.347 e. The Bertz CT molecular complexity index is 220. The van der Waals surface area contributed by atoms with Gasteiger partial charge in [0.15, 0.2) is 5.79 Å². The average Bonchev–Trinajstić information content (AvgIpc) is 2.92. The fraction of sp³-hybridized carbons (Fsp3) is 1.00. The first-order valence-corrected chi connectivity index (χ1v) is 6.40. The number of likely N-dealkylation sites (tertiary alicyclic amines) is 1. The van der Waals surface area contributed by atoms with Gasteiger partial charge in [0, 0.05) is 19.4 Å². The molecule has 0 bridgehead atoms. The smallest absolute Gasteiger partial charge is 0.168 e. The first-order valence-electron chi connectivity index (χ1n) is 6.40. The molecule has 15 heavy (non-hydrogen) atoms. The van der Waals surface area contributed by atoms with Gasteiger partial charge in [-0.2, -0.15) is 0 Å². The molecule has 1 saturated carbocycles. The Labute approximate surface area is 91.7 Å². The van der Waals surface area contributed by atoms with E-state index in [1.807, 2.05) is 0 Å². The summed E-state index contributed by atoms with van der Waals surface area (Å²) in [6.45, 7) is 4.41. The molecule has 0 aromatic rings. The minimum atomic E-state index is -0.162. The van der Waals surface area contributed by atoms with Gasteiger partial charge in [0.05, 0.1) is 12.7 Å². The predicted molar refractivity (Wildman–Crippen MR) is 57.7 cm³/mol. The molecule has 86 valence electrons. The molecule has 0 aromatic carbocycles. The summed E-state index contributed by atoms with van der Waals surface area (Å²) >= 11 is 0. The molecule has 1 spiro atoms. The zero-order valence-electron chi connectivity index (χ0n) is 9.41. The Hall–Kier alpha value is -0.120. The first-order chi connectivity index (χ1) is 7.36. The van der Waals surface area contributed by atoms with Crippen LogP contribution in [0.15, 0.2) is 0 Å². The zero-order valence-corrected chi connectivity index (χ0v) is 9.41. The van der Waals surface area contributed by atoms with E-state index in [-0.39, 0.29) is 5.79 Å². The first kappa shape index (κ1) is 10.1. The Morgan fingerprint density at radius 2 is 1.80 bits per heavy atom. The van der Waals surface area contributed by atoms with Crippen LogP contribution in [0.1, 0.15) is 38.5 Å². The molecule has 1 atom stereocenters. The third-order valence-electron chi connectivity index (χ3n) is 3.94. The van der Waals surface area contributed by atoms with E-state index in [1.165, 1.54) is 38.8 Å². The fourth-order valence-corrected chi connectivity index (χ4v) is 3.14. The second kappa shape index (κ2) is 4.04. The number of nitrogens with zero attached hydrogens (tertiary/aromatic N) is 1. The van der Waals surface area contributed by atoms with Gasteiger partial charge in [-0.25, -0.2) is 0 Å². The number of ether oxygens (including phenoxy) is 2. The summed E-state index contributed by atoms with van der Waals surface area (Å²) in [6.07, 6.45) is 7.83. The van der Waals surface area contributed by atoms with Crippen LogP contribution in [0.3, 0.4) is 0 Å². The fourth-order valence-electron chi connectivity index (χ4n) is 3.14. The maximum absolute atomic E-state index is 6.11. The quantitative estimate of drug-likeness (QED) is 0.695. The van der Waals surface area contributed by atoms with Crippen molar-refractivity contribution in [2.24, 2.45) is 0 Å². The van der Waals surface area contributed by atoms with Crippen molar-refractivity contribution in [1.29, 1.82) is 0 Å². The van der Waals surface area contributed by atoms with Crippen molar-refractivity contribution < 1.29 is 9.47 Å². The van der Waals surface area contributed by atoms with Crippen LogP contribution >= 0.6 is 0 Å². The van der Waals surface area contributed by atoms with Crippen LogP contribution in [0.5, 0.6) is 0 Å². The molecule has 3 aliphatic rings. The van der Waals surface area contributed by atoms with Gasteiger partial charge < -0.3 is 14.4 Å². The third-order valence-corrected chi connectivity index (χ3v) is 3.94. The summed E-state index contributed by atoms with van der Waals surface area (Å²) in [5, 5.41) is 0. The third kappa shape index (κ3) is 2.05. The summed E-state index contributed by atoms with van der Waals surface area (Å²) in [4.78, 5) is 2.52. The molecule has 3 nitrogen and oxygen atoms in total.